The molecule has 0 bridgehead atoms. The maximum atomic E-state index is 6.05. The minimum Gasteiger partial charge on any atom is -0.468 e. The van der Waals surface area contributed by atoms with E-state index in [2.05, 4.69) is 17.0 Å². The summed E-state index contributed by atoms with van der Waals surface area (Å²) in [7, 11) is 0. The maximum Gasteiger partial charge on any atom is 0.117 e. The second kappa shape index (κ2) is 7.32. The molecule has 2 aromatic rings. The lowest BCUT2D eigenvalue weighted by molar-refractivity contribution is 0.125. The molecule has 1 saturated carbocycles. The molecule has 0 aliphatic heterocycles. The quantitative estimate of drug-likeness (QED) is 0.898. The molecule has 118 valence electrons. The molecule has 0 radical (unpaired) electrons. The Labute approximate surface area is 137 Å². The molecule has 0 spiro atoms. The van der Waals surface area contributed by atoms with Crippen LogP contribution in [0.25, 0.3) is 0 Å². The van der Waals surface area contributed by atoms with E-state index < -0.39 is 0 Å². The van der Waals surface area contributed by atoms with Crippen LogP contribution in [0.2, 0.25) is 5.02 Å². The number of hydrogen-bond acceptors (Lipinski definition) is 3. The zero-order valence-corrected chi connectivity index (χ0v) is 13.5. The van der Waals surface area contributed by atoms with Gasteiger partial charge in [-0.1, -0.05) is 23.7 Å². The number of rotatable bonds is 5. The second-order valence-electron chi connectivity index (χ2n) is 6.18. The zero-order chi connectivity index (χ0) is 15.4. The van der Waals surface area contributed by atoms with Crippen LogP contribution in [-0.2, 0) is 13.1 Å². The molecular weight excluding hydrogens is 296 g/mol. The van der Waals surface area contributed by atoms with Crippen molar-refractivity contribution in [1.29, 1.82) is 0 Å². The van der Waals surface area contributed by atoms with Crippen molar-refractivity contribution in [3.63, 3.8) is 0 Å². The molecule has 3 rings (SSSR count). The first kappa shape index (κ1) is 15.6. The minimum absolute atomic E-state index is 0.372. The van der Waals surface area contributed by atoms with Crippen molar-refractivity contribution < 1.29 is 4.42 Å². The van der Waals surface area contributed by atoms with Crippen LogP contribution in [0.5, 0.6) is 0 Å². The second-order valence-corrected chi connectivity index (χ2v) is 6.62. The van der Waals surface area contributed by atoms with Gasteiger partial charge in [-0.25, -0.2) is 0 Å². The summed E-state index contributed by atoms with van der Waals surface area (Å²) in [6.45, 7) is 1.76. The van der Waals surface area contributed by atoms with Gasteiger partial charge in [0.15, 0.2) is 0 Å². The fourth-order valence-corrected chi connectivity index (χ4v) is 3.33. The van der Waals surface area contributed by atoms with Crippen molar-refractivity contribution >= 4 is 11.6 Å². The summed E-state index contributed by atoms with van der Waals surface area (Å²) in [6, 6.07) is 13.1. The molecule has 1 aliphatic carbocycles. The van der Waals surface area contributed by atoms with E-state index in [1.165, 1.54) is 5.56 Å². The molecule has 1 fully saturated rings. The summed E-state index contributed by atoms with van der Waals surface area (Å²) in [5.41, 5.74) is 7.33. The highest BCUT2D eigenvalue weighted by Crippen LogP contribution is 2.25. The summed E-state index contributed by atoms with van der Waals surface area (Å²) in [6.07, 6.45) is 6.29. The largest absolute Gasteiger partial charge is 0.468 e. The fourth-order valence-electron chi connectivity index (χ4n) is 3.21. The van der Waals surface area contributed by atoms with E-state index in [0.717, 1.165) is 49.6 Å². The Kier molecular flexibility index (Phi) is 5.19. The number of nitrogens with two attached hydrogens (primary N) is 1. The Hall–Kier alpha value is -1.29. The van der Waals surface area contributed by atoms with Gasteiger partial charge in [-0.05, 0) is 55.5 Å². The average molecular weight is 319 g/mol. The van der Waals surface area contributed by atoms with E-state index in [9.17, 15) is 0 Å². The van der Waals surface area contributed by atoms with Crippen LogP contribution in [0.15, 0.2) is 47.1 Å². The normalized spacial score (nSPS) is 22.1. The Bertz CT molecular complexity index is 559. The van der Waals surface area contributed by atoms with E-state index in [1.54, 1.807) is 6.26 Å². The number of hydrogen-bond donors (Lipinski definition) is 1. The molecular formula is C18H23ClN2O. The lowest BCUT2D eigenvalue weighted by Gasteiger charge is -2.35. The van der Waals surface area contributed by atoms with Crippen molar-refractivity contribution in [2.75, 3.05) is 0 Å². The Balaban J connectivity index is 1.71. The molecule has 1 aliphatic rings. The Morgan fingerprint density at radius 3 is 2.41 bits per heavy atom. The van der Waals surface area contributed by atoms with Gasteiger partial charge in [-0.2, -0.15) is 0 Å². The summed E-state index contributed by atoms with van der Waals surface area (Å²) in [4.78, 5) is 2.51. The summed E-state index contributed by atoms with van der Waals surface area (Å²) in [5.74, 6) is 1.02. The third-order valence-corrected chi connectivity index (χ3v) is 4.75. The number of furan rings is 1. The van der Waals surface area contributed by atoms with Gasteiger partial charge < -0.3 is 10.2 Å². The van der Waals surface area contributed by atoms with Crippen molar-refractivity contribution in [3.8, 4) is 0 Å². The van der Waals surface area contributed by atoms with Crippen molar-refractivity contribution in [3.05, 3.63) is 59.0 Å². The molecule has 0 saturated heterocycles. The first-order valence-corrected chi connectivity index (χ1v) is 8.35. The van der Waals surface area contributed by atoms with Crippen molar-refractivity contribution in [2.45, 2.75) is 50.9 Å². The molecule has 1 aromatic heterocycles. The monoisotopic (exact) mass is 318 g/mol. The highest BCUT2D eigenvalue weighted by molar-refractivity contribution is 6.30. The molecule has 0 atom stereocenters. The van der Waals surface area contributed by atoms with Gasteiger partial charge in [0, 0.05) is 23.7 Å². The molecule has 0 unspecified atom stereocenters. The summed E-state index contributed by atoms with van der Waals surface area (Å²) < 4.78 is 5.55. The van der Waals surface area contributed by atoms with E-state index in [1.807, 2.05) is 24.3 Å². The van der Waals surface area contributed by atoms with Crippen LogP contribution in [0.4, 0.5) is 0 Å². The third-order valence-electron chi connectivity index (χ3n) is 4.50. The smallest absolute Gasteiger partial charge is 0.117 e. The first-order chi connectivity index (χ1) is 10.7. The average Bonchev–Trinajstić information content (AvgIpc) is 3.03. The van der Waals surface area contributed by atoms with Crippen LogP contribution in [0.3, 0.4) is 0 Å². The Morgan fingerprint density at radius 1 is 1.05 bits per heavy atom. The van der Waals surface area contributed by atoms with Gasteiger partial charge in [0.25, 0.3) is 0 Å². The zero-order valence-electron chi connectivity index (χ0n) is 12.7. The SMILES string of the molecule is NC1CCC(N(Cc2ccc(Cl)cc2)Cc2ccco2)CC1. The first-order valence-electron chi connectivity index (χ1n) is 7.97. The van der Waals surface area contributed by atoms with E-state index >= 15 is 0 Å². The van der Waals surface area contributed by atoms with Gasteiger partial charge in [-0.15, -0.1) is 0 Å². The van der Waals surface area contributed by atoms with Crippen LogP contribution in [0.1, 0.15) is 37.0 Å². The van der Waals surface area contributed by atoms with Gasteiger partial charge in [0.1, 0.15) is 5.76 Å². The highest BCUT2D eigenvalue weighted by atomic mass is 35.5. The highest BCUT2D eigenvalue weighted by Gasteiger charge is 2.25. The van der Waals surface area contributed by atoms with Crippen LogP contribution in [0, 0.1) is 0 Å². The van der Waals surface area contributed by atoms with E-state index in [-0.39, 0.29) is 0 Å². The maximum absolute atomic E-state index is 6.05. The van der Waals surface area contributed by atoms with E-state index in [0.29, 0.717) is 12.1 Å². The third kappa shape index (κ3) is 4.13. The molecule has 3 nitrogen and oxygen atoms in total. The van der Waals surface area contributed by atoms with Crippen molar-refractivity contribution in [2.24, 2.45) is 5.73 Å². The molecule has 0 amide bonds. The standard InChI is InChI=1S/C18H23ClN2O/c19-15-5-3-14(4-6-15)12-21(13-18-2-1-11-22-18)17-9-7-16(20)8-10-17/h1-6,11,16-17H,7-10,12-13,20H2. The molecule has 22 heavy (non-hydrogen) atoms. The minimum atomic E-state index is 0.372. The van der Waals surface area contributed by atoms with Crippen LogP contribution in [-0.4, -0.2) is 17.0 Å². The number of nitrogens with zero attached hydrogens (tertiary/aromatic N) is 1. The fraction of sp³-hybridized carbons (Fsp3) is 0.444. The van der Waals surface area contributed by atoms with Gasteiger partial charge in [0.2, 0.25) is 0 Å². The van der Waals surface area contributed by atoms with Crippen LogP contribution < -0.4 is 5.73 Å². The summed E-state index contributed by atoms with van der Waals surface area (Å²) in [5, 5.41) is 0.782. The molecule has 1 heterocycles. The predicted octanol–water partition coefficient (Wildman–Crippen LogP) is 4.21. The summed E-state index contributed by atoms with van der Waals surface area (Å²) >= 11 is 5.99. The Morgan fingerprint density at radius 2 is 1.77 bits per heavy atom. The predicted molar refractivity (Wildman–Crippen MR) is 89.6 cm³/mol. The molecule has 1 aromatic carbocycles. The number of halogens is 1. The van der Waals surface area contributed by atoms with Crippen LogP contribution >= 0.6 is 11.6 Å². The lowest BCUT2D eigenvalue weighted by atomic mass is 9.90. The van der Waals surface area contributed by atoms with Crippen molar-refractivity contribution in [1.82, 2.24) is 4.90 Å². The van der Waals surface area contributed by atoms with E-state index in [4.69, 9.17) is 21.8 Å². The molecule has 4 heteroatoms. The topological polar surface area (TPSA) is 42.4 Å². The molecule has 2 N–H and O–H groups in total. The van der Waals surface area contributed by atoms with Gasteiger partial charge >= 0.3 is 0 Å². The van der Waals surface area contributed by atoms with Gasteiger partial charge in [-0.3, -0.25) is 4.90 Å². The number of benzene rings is 1. The lowest BCUT2D eigenvalue weighted by Crippen LogP contribution is -2.40. The van der Waals surface area contributed by atoms with Gasteiger partial charge in [0.05, 0.1) is 12.8 Å².